The third-order valence-electron chi connectivity index (χ3n) is 4.44. The lowest BCUT2D eigenvalue weighted by atomic mass is 9.90. The Morgan fingerprint density at radius 2 is 2.00 bits per heavy atom. The van der Waals surface area contributed by atoms with Gasteiger partial charge >= 0.3 is 0 Å². The zero-order valence-corrected chi connectivity index (χ0v) is 12.7. The number of hydrogen-bond donors (Lipinski definition) is 2. The zero-order valence-electron chi connectivity index (χ0n) is 12.7. The summed E-state index contributed by atoms with van der Waals surface area (Å²) in [4.78, 5) is 4.38. The third-order valence-corrected chi connectivity index (χ3v) is 4.44. The maximum atomic E-state index is 10.2. The molecule has 21 heavy (non-hydrogen) atoms. The van der Waals surface area contributed by atoms with Gasteiger partial charge in [0, 0.05) is 18.3 Å². The van der Waals surface area contributed by atoms with Gasteiger partial charge in [-0.3, -0.25) is 0 Å². The molecular formula is C17H23N3O. The zero-order chi connectivity index (χ0) is 14.9. The summed E-state index contributed by atoms with van der Waals surface area (Å²) in [6.45, 7) is 4.86. The summed E-state index contributed by atoms with van der Waals surface area (Å²) < 4.78 is 2.13. The first-order chi connectivity index (χ1) is 10.1. The Labute approximate surface area is 125 Å². The van der Waals surface area contributed by atoms with Gasteiger partial charge < -0.3 is 15.0 Å². The van der Waals surface area contributed by atoms with Crippen molar-refractivity contribution in [2.75, 3.05) is 6.61 Å². The average Bonchev–Trinajstić information content (AvgIpc) is 3.28. The molecule has 1 aliphatic carbocycles. The predicted molar refractivity (Wildman–Crippen MR) is 83.1 cm³/mol. The molecule has 1 heterocycles. The molecule has 112 valence electrons. The number of nitrogens with one attached hydrogen (secondary N) is 1. The van der Waals surface area contributed by atoms with Gasteiger partial charge in [-0.25, -0.2) is 4.98 Å². The first kappa shape index (κ1) is 14.3. The Morgan fingerprint density at radius 3 is 2.52 bits per heavy atom. The number of imidazole rings is 1. The highest BCUT2D eigenvalue weighted by atomic mass is 16.3. The first-order valence-electron chi connectivity index (χ1n) is 7.57. The Balaban J connectivity index is 1.96. The molecule has 1 fully saturated rings. The number of aliphatic hydroxyl groups excluding tert-OH is 1. The molecule has 1 aromatic heterocycles. The summed E-state index contributed by atoms with van der Waals surface area (Å²) in [6, 6.07) is 10.8. The van der Waals surface area contributed by atoms with Crippen LogP contribution in [0.4, 0.5) is 0 Å². The summed E-state index contributed by atoms with van der Waals surface area (Å²) in [6.07, 6.45) is 4.25. The average molecular weight is 285 g/mol. The van der Waals surface area contributed by atoms with Gasteiger partial charge in [-0.2, -0.15) is 0 Å². The predicted octanol–water partition coefficient (Wildman–Crippen LogP) is 2.14. The molecule has 0 radical (unpaired) electrons. The van der Waals surface area contributed by atoms with Crippen molar-refractivity contribution in [3.63, 3.8) is 0 Å². The second-order valence-corrected chi connectivity index (χ2v) is 6.07. The molecule has 1 aliphatic rings. The van der Waals surface area contributed by atoms with E-state index < -0.39 is 5.54 Å². The van der Waals surface area contributed by atoms with Crippen molar-refractivity contribution in [3.8, 4) is 0 Å². The molecule has 4 nitrogen and oxygen atoms in total. The van der Waals surface area contributed by atoms with Crippen LogP contribution in [-0.4, -0.2) is 27.3 Å². The minimum atomic E-state index is -0.444. The van der Waals surface area contributed by atoms with Crippen LogP contribution < -0.4 is 5.32 Å². The van der Waals surface area contributed by atoms with Crippen molar-refractivity contribution >= 4 is 0 Å². The van der Waals surface area contributed by atoms with E-state index in [9.17, 15) is 5.11 Å². The Morgan fingerprint density at radius 1 is 1.29 bits per heavy atom. The highest BCUT2D eigenvalue weighted by molar-refractivity contribution is 5.26. The number of hydrogen-bond acceptors (Lipinski definition) is 3. The van der Waals surface area contributed by atoms with Crippen molar-refractivity contribution in [3.05, 3.63) is 53.6 Å². The number of aliphatic hydroxyl groups is 1. The van der Waals surface area contributed by atoms with Crippen LogP contribution in [0.15, 0.2) is 36.7 Å². The summed E-state index contributed by atoms with van der Waals surface area (Å²) >= 11 is 0. The summed E-state index contributed by atoms with van der Waals surface area (Å²) in [5.74, 6) is 0. The number of aryl methyl sites for hydroxylation is 1. The molecule has 0 aliphatic heterocycles. The van der Waals surface area contributed by atoms with Crippen LogP contribution in [-0.2, 0) is 12.1 Å². The van der Waals surface area contributed by atoms with Crippen molar-refractivity contribution in [1.29, 1.82) is 0 Å². The smallest absolute Gasteiger partial charge is 0.0952 e. The third kappa shape index (κ3) is 2.87. The lowest BCUT2D eigenvalue weighted by Gasteiger charge is -2.35. The largest absolute Gasteiger partial charge is 0.394 e. The molecule has 0 amide bonds. The molecule has 1 unspecified atom stereocenters. The highest BCUT2D eigenvalue weighted by Crippen LogP contribution is 2.30. The summed E-state index contributed by atoms with van der Waals surface area (Å²) in [5, 5.41) is 13.8. The van der Waals surface area contributed by atoms with E-state index in [1.807, 2.05) is 31.5 Å². The SMILES string of the molecule is Cc1ncn(CC(CO)(NC2CC2)c2ccccc2)c1C. The molecule has 1 aromatic carbocycles. The van der Waals surface area contributed by atoms with Crippen molar-refractivity contribution in [2.24, 2.45) is 0 Å². The number of benzene rings is 1. The van der Waals surface area contributed by atoms with Gasteiger partial charge in [0.25, 0.3) is 0 Å². The number of nitrogens with zero attached hydrogens (tertiary/aromatic N) is 2. The first-order valence-corrected chi connectivity index (χ1v) is 7.57. The molecule has 1 saturated carbocycles. The van der Waals surface area contributed by atoms with Crippen molar-refractivity contribution in [2.45, 2.75) is 44.8 Å². The fraction of sp³-hybridized carbons (Fsp3) is 0.471. The maximum absolute atomic E-state index is 10.2. The summed E-state index contributed by atoms with van der Waals surface area (Å²) in [5.41, 5.74) is 2.88. The Hall–Kier alpha value is -1.65. The number of aromatic nitrogens is 2. The standard InChI is InChI=1S/C17H23N3O/c1-13-14(2)20(12-18-13)10-17(11-21,19-16-8-9-16)15-6-4-3-5-7-15/h3-7,12,16,19,21H,8-11H2,1-2H3. The van der Waals surface area contributed by atoms with E-state index in [-0.39, 0.29) is 6.61 Å². The van der Waals surface area contributed by atoms with Crippen LogP contribution in [0.2, 0.25) is 0 Å². The van der Waals surface area contributed by atoms with Gasteiger partial charge in [0.15, 0.2) is 0 Å². The highest BCUT2D eigenvalue weighted by Gasteiger charge is 2.38. The molecule has 4 heteroatoms. The number of rotatable bonds is 6. The van der Waals surface area contributed by atoms with E-state index in [0.29, 0.717) is 12.6 Å². The van der Waals surface area contributed by atoms with E-state index in [4.69, 9.17) is 0 Å². The Kier molecular flexibility index (Phi) is 3.83. The van der Waals surface area contributed by atoms with Gasteiger partial charge in [0.2, 0.25) is 0 Å². The van der Waals surface area contributed by atoms with Gasteiger partial charge in [-0.1, -0.05) is 30.3 Å². The second-order valence-electron chi connectivity index (χ2n) is 6.07. The molecule has 1 atom stereocenters. The Bertz CT molecular complexity index is 604. The second kappa shape index (κ2) is 5.62. The van der Waals surface area contributed by atoms with Crippen LogP contribution in [0.25, 0.3) is 0 Å². The van der Waals surface area contributed by atoms with Crippen LogP contribution in [0.1, 0.15) is 29.8 Å². The molecule has 0 spiro atoms. The molecule has 0 saturated heterocycles. The van der Waals surface area contributed by atoms with E-state index in [2.05, 4.69) is 33.9 Å². The monoisotopic (exact) mass is 285 g/mol. The van der Waals surface area contributed by atoms with Gasteiger partial charge in [0.05, 0.1) is 24.2 Å². The van der Waals surface area contributed by atoms with Crippen LogP contribution >= 0.6 is 0 Å². The quantitative estimate of drug-likeness (QED) is 0.855. The van der Waals surface area contributed by atoms with Crippen LogP contribution in [0, 0.1) is 13.8 Å². The molecule has 2 aromatic rings. The van der Waals surface area contributed by atoms with Crippen LogP contribution in [0.3, 0.4) is 0 Å². The summed E-state index contributed by atoms with van der Waals surface area (Å²) in [7, 11) is 0. The topological polar surface area (TPSA) is 50.1 Å². The molecule has 3 rings (SSSR count). The van der Waals surface area contributed by atoms with Crippen molar-refractivity contribution < 1.29 is 5.11 Å². The fourth-order valence-electron chi connectivity index (χ4n) is 2.78. The van der Waals surface area contributed by atoms with Crippen LogP contribution in [0.5, 0.6) is 0 Å². The van der Waals surface area contributed by atoms with E-state index in [0.717, 1.165) is 17.0 Å². The lowest BCUT2D eigenvalue weighted by Crippen LogP contribution is -2.50. The molecular weight excluding hydrogens is 262 g/mol. The normalized spacial score (nSPS) is 17.7. The molecule has 2 N–H and O–H groups in total. The minimum absolute atomic E-state index is 0.0736. The van der Waals surface area contributed by atoms with E-state index in [1.165, 1.54) is 12.8 Å². The van der Waals surface area contributed by atoms with Crippen molar-refractivity contribution in [1.82, 2.24) is 14.9 Å². The van der Waals surface area contributed by atoms with Gasteiger partial charge in [-0.05, 0) is 32.3 Å². The maximum Gasteiger partial charge on any atom is 0.0952 e. The lowest BCUT2D eigenvalue weighted by molar-refractivity contribution is 0.139. The van der Waals surface area contributed by atoms with E-state index in [1.54, 1.807) is 0 Å². The van der Waals surface area contributed by atoms with E-state index >= 15 is 0 Å². The van der Waals surface area contributed by atoms with Gasteiger partial charge in [-0.15, -0.1) is 0 Å². The van der Waals surface area contributed by atoms with Gasteiger partial charge in [0.1, 0.15) is 0 Å². The fourth-order valence-corrected chi connectivity index (χ4v) is 2.78. The molecule has 0 bridgehead atoms. The minimum Gasteiger partial charge on any atom is -0.394 e.